The summed E-state index contributed by atoms with van der Waals surface area (Å²) in [5.74, 6) is 0.145. The number of nitrogens with two attached hydrogens (primary N) is 1. The third-order valence-corrected chi connectivity index (χ3v) is 6.71. The molecular formula is C21H22N4O3S. The number of aryl methyl sites for hydroxylation is 2. The van der Waals surface area contributed by atoms with Crippen LogP contribution in [0.1, 0.15) is 12.0 Å². The highest BCUT2D eigenvalue weighted by Crippen LogP contribution is 2.35. The minimum atomic E-state index is -3.87. The van der Waals surface area contributed by atoms with Gasteiger partial charge in [0.2, 0.25) is 9.84 Å². The Morgan fingerprint density at radius 2 is 1.69 bits per heavy atom. The van der Waals surface area contributed by atoms with Crippen LogP contribution in [0.3, 0.4) is 0 Å². The first-order valence-corrected chi connectivity index (χ1v) is 10.8. The van der Waals surface area contributed by atoms with E-state index in [0.717, 1.165) is 5.56 Å². The molecule has 0 bridgehead atoms. The summed E-state index contributed by atoms with van der Waals surface area (Å²) in [6.07, 6.45) is 0.670. The molecule has 0 aliphatic heterocycles. The van der Waals surface area contributed by atoms with Crippen molar-refractivity contribution < 1.29 is 13.2 Å². The zero-order valence-electron chi connectivity index (χ0n) is 16.3. The molecule has 0 radical (unpaired) electrons. The predicted octanol–water partition coefficient (Wildman–Crippen LogP) is 3.34. The molecule has 0 fully saturated rings. The van der Waals surface area contributed by atoms with Crippen LogP contribution in [0.4, 0.5) is 5.82 Å². The Kier molecular flexibility index (Phi) is 4.97. The van der Waals surface area contributed by atoms with Crippen molar-refractivity contribution in [1.29, 1.82) is 0 Å². The Hall–Kier alpha value is -2.97. The van der Waals surface area contributed by atoms with E-state index in [1.54, 1.807) is 35.9 Å². The summed E-state index contributed by atoms with van der Waals surface area (Å²) in [6.45, 7) is 2.91. The van der Waals surface area contributed by atoms with E-state index in [1.165, 1.54) is 0 Å². The third-order valence-electron chi connectivity index (χ3n) is 4.88. The Morgan fingerprint density at radius 3 is 2.34 bits per heavy atom. The molecule has 0 atom stereocenters. The number of benzene rings is 2. The van der Waals surface area contributed by atoms with E-state index in [9.17, 15) is 8.42 Å². The molecule has 2 aromatic heterocycles. The van der Waals surface area contributed by atoms with Crippen LogP contribution in [0.5, 0.6) is 0 Å². The first-order valence-electron chi connectivity index (χ1n) is 9.28. The van der Waals surface area contributed by atoms with E-state index < -0.39 is 9.84 Å². The molecule has 4 rings (SSSR count). The number of methoxy groups -OCH3 is 1. The number of nitrogen functional groups attached to an aromatic ring is 1. The molecule has 4 aromatic rings. The van der Waals surface area contributed by atoms with Crippen LogP contribution >= 0.6 is 0 Å². The van der Waals surface area contributed by atoms with Gasteiger partial charge in [-0.05, 0) is 37.6 Å². The molecular weight excluding hydrogens is 388 g/mol. The lowest BCUT2D eigenvalue weighted by molar-refractivity contribution is 0.191. The second-order valence-corrected chi connectivity index (χ2v) is 8.80. The van der Waals surface area contributed by atoms with E-state index in [-0.39, 0.29) is 15.6 Å². The molecule has 2 N–H and O–H groups in total. The van der Waals surface area contributed by atoms with Gasteiger partial charge >= 0.3 is 0 Å². The molecule has 29 heavy (non-hydrogen) atoms. The highest BCUT2D eigenvalue weighted by atomic mass is 32.2. The van der Waals surface area contributed by atoms with Gasteiger partial charge in [0, 0.05) is 20.3 Å². The Labute approximate surface area is 169 Å². The Bertz CT molecular complexity index is 1300. The van der Waals surface area contributed by atoms with Crippen LogP contribution in [-0.2, 0) is 21.1 Å². The van der Waals surface area contributed by atoms with Crippen molar-refractivity contribution >= 4 is 37.9 Å². The van der Waals surface area contributed by atoms with Gasteiger partial charge in [0.05, 0.1) is 15.9 Å². The molecule has 0 spiro atoms. The largest absolute Gasteiger partial charge is 0.385 e. The summed E-state index contributed by atoms with van der Waals surface area (Å²) in [5, 5.41) is 0. The molecule has 8 heteroatoms. The number of nitrogens with zero attached hydrogens (tertiary/aromatic N) is 3. The lowest BCUT2D eigenvalue weighted by atomic mass is 10.2. The summed E-state index contributed by atoms with van der Waals surface area (Å²) in [6, 6.07) is 14.1. The van der Waals surface area contributed by atoms with Crippen LogP contribution in [-0.4, -0.2) is 36.7 Å². The van der Waals surface area contributed by atoms with Gasteiger partial charge in [0.15, 0.2) is 5.65 Å². The summed E-state index contributed by atoms with van der Waals surface area (Å²) in [4.78, 5) is 9.49. The van der Waals surface area contributed by atoms with Gasteiger partial charge in [-0.15, -0.1) is 0 Å². The molecule has 0 amide bonds. The number of sulfone groups is 1. The van der Waals surface area contributed by atoms with E-state index >= 15 is 0 Å². The van der Waals surface area contributed by atoms with Gasteiger partial charge < -0.3 is 15.0 Å². The normalized spacial score (nSPS) is 12.1. The number of fused-ring (bicyclic) bond motifs is 2. The summed E-state index contributed by atoms with van der Waals surface area (Å²) in [7, 11) is -2.25. The van der Waals surface area contributed by atoms with E-state index in [4.69, 9.17) is 10.5 Å². The van der Waals surface area contributed by atoms with E-state index in [0.29, 0.717) is 41.8 Å². The standard InChI is InChI=1S/C21H22N4O3S/c1-14-8-10-15(11-9-14)29(26,27)19-18-21(25(20(19)22)12-5-13-28-2)24-17-7-4-3-6-16(17)23-18/h3-4,6-11H,5,12-13,22H2,1-2H3. The highest BCUT2D eigenvalue weighted by Gasteiger charge is 2.30. The van der Waals surface area contributed by atoms with Gasteiger partial charge in [0.1, 0.15) is 16.2 Å². The molecule has 150 valence electrons. The molecule has 0 saturated carbocycles. The van der Waals surface area contributed by atoms with Crippen LogP contribution in [0.2, 0.25) is 0 Å². The van der Waals surface area contributed by atoms with Crippen molar-refractivity contribution in [3.8, 4) is 0 Å². The number of ether oxygens (including phenoxy) is 1. The zero-order valence-corrected chi connectivity index (χ0v) is 17.1. The van der Waals surface area contributed by atoms with Crippen molar-refractivity contribution in [1.82, 2.24) is 14.5 Å². The second kappa shape index (κ2) is 7.46. The second-order valence-electron chi connectivity index (χ2n) is 6.91. The number of anilines is 1. The fourth-order valence-electron chi connectivity index (χ4n) is 3.38. The average molecular weight is 410 g/mol. The highest BCUT2D eigenvalue weighted by molar-refractivity contribution is 7.92. The van der Waals surface area contributed by atoms with Crippen molar-refractivity contribution in [2.75, 3.05) is 19.5 Å². The first-order chi connectivity index (χ1) is 13.9. The predicted molar refractivity (Wildman–Crippen MR) is 113 cm³/mol. The Balaban J connectivity index is 2.00. The van der Waals surface area contributed by atoms with E-state index in [1.807, 2.05) is 31.2 Å². The fourth-order valence-corrected chi connectivity index (χ4v) is 4.89. The molecule has 0 saturated heterocycles. The van der Waals surface area contributed by atoms with Gasteiger partial charge in [-0.2, -0.15) is 0 Å². The minimum absolute atomic E-state index is 0.00650. The van der Waals surface area contributed by atoms with Gasteiger partial charge in [0.25, 0.3) is 0 Å². The molecule has 2 heterocycles. The molecule has 0 aliphatic carbocycles. The minimum Gasteiger partial charge on any atom is -0.385 e. The van der Waals surface area contributed by atoms with Crippen molar-refractivity contribution in [3.63, 3.8) is 0 Å². The SMILES string of the molecule is COCCCn1c(N)c(S(=O)(=O)c2ccc(C)cc2)c2nc3ccccc3nc21. The maximum atomic E-state index is 13.5. The number of rotatable bonds is 6. The van der Waals surface area contributed by atoms with Crippen molar-refractivity contribution in [2.45, 2.75) is 29.7 Å². The molecule has 0 aliphatic rings. The fraction of sp³-hybridized carbons (Fsp3) is 0.238. The smallest absolute Gasteiger partial charge is 0.212 e. The Morgan fingerprint density at radius 1 is 1.03 bits per heavy atom. The monoisotopic (exact) mass is 410 g/mol. The van der Waals surface area contributed by atoms with Crippen LogP contribution < -0.4 is 5.73 Å². The van der Waals surface area contributed by atoms with Gasteiger partial charge in [-0.1, -0.05) is 29.8 Å². The van der Waals surface area contributed by atoms with Crippen LogP contribution in [0.15, 0.2) is 58.3 Å². The van der Waals surface area contributed by atoms with Crippen molar-refractivity contribution in [3.05, 3.63) is 54.1 Å². The number of hydrogen-bond acceptors (Lipinski definition) is 6. The van der Waals surface area contributed by atoms with E-state index in [2.05, 4.69) is 9.97 Å². The maximum absolute atomic E-state index is 13.5. The van der Waals surface area contributed by atoms with Crippen molar-refractivity contribution in [2.24, 2.45) is 0 Å². The number of hydrogen-bond donors (Lipinski definition) is 1. The lowest BCUT2D eigenvalue weighted by Crippen LogP contribution is -2.09. The quantitative estimate of drug-likeness (QED) is 0.489. The first kappa shape index (κ1) is 19.4. The van der Waals surface area contributed by atoms with Gasteiger partial charge in [-0.3, -0.25) is 0 Å². The van der Waals surface area contributed by atoms with Gasteiger partial charge in [-0.25, -0.2) is 18.4 Å². The molecule has 7 nitrogen and oxygen atoms in total. The zero-order chi connectivity index (χ0) is 20.6. The summed E-state index contributed by atoms with van der Waals surface area (Å²) < 4.78 is 33.8. The summed E-state index contributed by atoms with van der Waals surface area (Å²) in [5.41, 5.74) is 9.41. The lowest BCUT2D eigenvalue weighted by Gasteiger charge is -2.08. The molecule has 2 aromatic carbocycles. The average Bonchev–Trinajstić information content (AvgIpc) is 2.98. The number of aromatic nitrogens is 3. The third kappa shape index (κ3) is 3.34. The van der Waals surface area contributed by atoms with Crippen LogP contribution in [0.25, 0.3) is 22.2 Å². The van der Waals surface area contributed by atoms with Crippen LogP contribution in [0, 0.1) is 6.92 Å². The molecule has 0 unspecified atom stereocenters. The number of para-hydroxylation sites is 2. The maximum Gasteiger partial charge on any atom is 0.212 e. The summed E-state index contributed by atoms with van der Waals surface area (Å²) >= 11 is 0. The topological polar surface area (TPSA) is 100 Å².